The Balaban J connectivity index is 1.28. The Hall–Kier alpha value is -4.34. The van der Waals surface area contributed by atoms with Gasteiger partial charge in [-0.05, 0) is 42.0 Å². The number of hydrogen-bond acceptors (Lipinski definition) is 6. The number of pyridine rings is 1. The minimum Gasteiger partial charge on any atom is -0.442 e. The van der Waals surface area contributed by atoms with Crippen molar-refractivity contribution < 1.29 is 18.7 Å². The zero-order chi connectivity index (χ0) is 22.1. The number of fused-ring (bicyclic) bond motifs is 1. The van der Waals surface area contributed by atoms with Crippen molar-refractivity contribution in [2.45, 2.75) is 6.10 Å². The Morgan fingerprint density at radius 2 is 1.97 bits per heavy atom. The molecule has 1 saturated heterocycles. The summed E-state index contributed by atoms with van der Waals surface area (Å²) in [5.74, 6) is -0.908. The summed E-state index contributed by atoms with van der Waals surface area (Å²) in [6.45, 7) is 0.262. The number of aromatic nitrogens is 4. The first-order chi connectivity index (χ1) is 15.6. The normalized spacial score (nSPS) is 15.7. The minimum absolute atomic E-state index is 0.0277. The van der Waals surface area contributed by atoms with Crippen molar-refractivity contribution >= 4 is 23.3 Å². The molecule has 4 aromatic rings. The Bertz CT molecular complexity index is 1310. The van der Waals surface area contributed by atoms with Gasteiger partial charge in [0.25, 0.3) is 5.91 Å². The number of rotatable bonds is 5. The molecule has 1 aliphatic rings. The number of hydrogen-bond donors (Lipinski definition) is 1. The first-order valence-corrected chi connectivity index (χ1v) is 9.84. The number of carbonyl (C=O) groups is 2. The van der Waals surface area contributed by atoms with E-state index >= 15 is 0 Å². The number of carbonyl (C=O) groups excluding carboxylic acids is 2. The van der Waals surface area contributed by atoms with Crippen molar-refractivity contribution in [2.75, 3.05) is 18.0 Å². The molecule has 1 fully saturated rings. The van der Waals surface area contributed by atoms with Crippen LogP contribution in [0.5, 0.6) is 0 Å². The SMILES string of the molecule is O=C(NC[C@H]1CN(c2ccc(-c3ccn4ccnc4c3)c(F)c2)C(=O)O1)c1ncccn1. The molecule has 0 bridgehead atoms. The Morgan fingerprint density at radius 1 is 1.12 bits per heavy atom. The highest BCUT2D eigenvalue weighted by Gasteiger charge is 2.33. The minimum atomic E-state index is -0.605. The second-order valence-electron chi connectivity index (χ2n) is 7.17. The van der Waals surface area contributed by atoms with E-state index in [1.807, 2.05) is 16.8 Å². The molecule has 9 nitrogen and oxygen atoms in total. The average molecular weight is 432 g/mol. The summed E-state index contributed by atoms with van der Waals surface area (Å²) in [4.78, 5) is 37.7. The van der Waals surface area contributed by atoms with Crippen LogP contribution in [0.1, 0.15) is 10.6 Å². The Labute approximate surface area is 181 Å². The van der Waals surface area contributed by atoms with Gasteiger partial charge in [-0.2, -0.15) is 0 Å². The Morgan fingerprint density at radius 3 is 2.78 bits per heavy atom. The molecule has 4 heterocycles. The van der Waals surface area contributed by atoms with Gasteiger partial charge in [0.2, 0.25) is 5.82 Å². The molecule has 5 rings (SSSR count). The molecular weight excluding hydrogens is 415 g/mol. The molecule has 0 unspecified atom stereocenters. The largest absolute Gasteiger partial charge is 0.442 e. The van der Waals surface area contributed by atoms with Crippen molar-refractivity contribution in [3.8, 4) is 11.1 Å². The van der Waals surface area contributed by atoms with E-state index in [9.17, 15) is 14.0 Å². The lowest BCUT2D eigenvalue weighted by atomic mass is 10.1. The van der Waals surface area contributed by atoms with E-state index < -0.39 is 23.9 Å². The van der Waals surface area contributed by atoms with E-state index in [0.717, 1.165) is 0 Å². The Kier molecular flexibility index (Phi) is 4.94. The number of amides is 2. The van der Waals surface area contributed by atoms with Crippen LogP contribution in [-0.2, 0) is 4.74 Å². The highest BCUT2D eigenvalue weighted by molar-refractivity contribution is 5.91. The van der Waals surface area contributed by atoms with Gasteiger partial charge in [0.15, 0.2) is 0 Å². The topological polar surface area (TPSA) is 102 Å². The number of anilines is 1. The first kappa shape index (κ1) is 19.6. The summed E-state index contributed by atoms with van der Waals surface area (Å²) in [5, 5.41) is 2.64. The lowest BCUT2D eigenvalue weighted by molar-refractivity contribution is 0.0906. The van der Waals surface area contributed by atoms with Crippen LogP contribution >= 0.6 is 0 Å². The number of nitrogens with one attached hydrogen (secondary N) is 1. The quantitative estimate of drug-likeness (QED) is 0.520. The van der Waals surface area contributed by atoms with Gasteiger partial charge in [0, 0.05) is 36.5 Å². The predicted molar refractivity (Wildman–Crippen MR) is 113 cm³/mol. The zero-order valence-corrected chi connectivity index (χ0v) is 16.7. The number of cyclic esters (lactones) is 1. The number of imidazole rings is 1. The van der Waals surface area contributed by atoms with E-state index in [1.54, 1.807) is 36.5 Å². The molecule has 0 radical (unpaired) electrons. The van der Waals surface area contributed by atoms with E-state index in [4.69, 9.17) is 4.74 Å². The van der Waals surface area contributed by atoms with Gasteiger partial charge < -0.3 is 14.5 Å². The lowest BCUT2D eigenvalue weighted by Gasteiger charge is -2.14. The monoisotopic (exact) mass is 432 g/mol. The molecule has 1 atom stereocenters. The predicted octanol–water partition coefficient (Wildman–Crippen LogP) is 2.69. The molecule has 10 heteroatoms. The van der Waals surface area contributed by atoms with Crippen molar-refractivity contribution in [3.63, 3.8) is 0 Å². The van der Waals surface area contributed by atoms with Gasteiger partial charge in [-0.25, -0.2) is 24.1 Å². The fraction of sp³-hybridized carbons (Fsp3) is 0.136. The highest BCUT2D eigenvalue weighted by atomic mass is 19.1. The van der Waals surface area contributed by atoms with Gasteiger partial charge in [-0.3, -0.25) is 9.69 Å². The second kappa shape index (κ2) is 8.06. The fourth-order valence-corrected chi connectivity index (χ4v) is 3.52. The first-order valence-electron chi connectivity index (χ1n) is 9.84. The molecule has 32 heavy (non-hydrogen) atoms. The van der Waals surface area contributed by atoms with Gasteiger partial charge >= 0.3 is 6.09 Å². The van der Waals surface area contributed by atoms with E-state index in [-0.39, 0.29) is 18.9 Å². The summed E-state index contributed by atoms with van der Waals surface area (Å²) in [6.07, 6.45) is 7.02. The number of benzene rings is 1. The number of nitrogens with zero attached hydrogens (tertiary/aromatic N) is 5. The third-order valence-corrected chi connectivity index (χ3v) is 5.11. The van der Waals surface area contributed by atoms with Crippen molar-refractivity contribution in [2.24, 2.45) is 0 Å². The molecule has 0 saturated carbocycles. The molecule has 160 valence electrons. The summed E-state index contributed by atoms with van der Waals surface area (Å²) in [6, 6.07) is 9.77. The van der Waals surface area contributed by atoms with Crippen molar-refractivity contribution in [1.82, 2.24) is 24.7 Å². The van der Waals surface area contributed by atoms with E-state index in [2.05, 4.69) is 20.3 Å². The third kappa shape index (κ3) is 3.73. The molecular formula is C22H17FN6O3. The molecule has 2 amide bonds. The zero-order valence-electron chi connectivity index (χ0n) is 16.7. The van der Waals surface area contributed by atoms with Crippen LogP contribution in [0.4, 0.5) is 14.9 Å². The van der Waals surface area contributed by atoms with E-state index in [0.29, 0.717) is 22.5 Å². The van der Waals surface area contributed by atoms with Crippen LogP contribution in [-0.4, -0.2) is 50.5 Å². The molecule has 0 spiro atoms. The summed E-state index contributed by atoms with van der Waals surface area (Å²) >= 11 is 0. The molecule has 1 aliphatic heterocycles. The number of ether oxygens (including phenoxy) is 1. The van der Waals surface area contributed by atoms with Crippen LogP contribution in [0.25, 0.3) is 16.8 Å². The van der Waals surface area contributed by atoms with E-state index in [1.165, 1.54) is 23.4 Å². The summed E-state index contributed by atoms with van der Waals surface area (Å²) < 4.78 is 22.0. The standard InChI is InChI=1S/C22H17FN6O3/c23-18-11-15(2-3-17(18)14-4-8-28-9-7-24-19(28)10-14)29-13-16(32-22(29)31)12-27-21(30)20-25-5-1-6-26-20/h1-11,16H,12-13H2,(H,27,30)/t16-/m0/s1. The van der Waals surface area contributed by atoms with Gasteiger partial charge in [-0.1, -0.05) is 0 Å². The van der Waals surface area contributed by atoms with Crippen LogP contribution < -0.4 is 10.2 Å². The fourth-order valence-electron chi connectivity index (χ4n) is 3.52. The van der Waals surface area contributed by atoms with Crippen molar-refractivity contribution in [1.29, 1.82) is 0 Å². The van der Waals surface area contributed by atoms with Gasteiger partial charge in [-0.15, -0.1) is 0 Å². The van der Waals surface area contributed by atoms with Gasteiger partial charge in [0.05, 0.1) is 18.8 Å². The average Bonchev–Trinajstić information content (AvgIpc) is 3.43. The maximum atomic E-state index is 14.9. The molecule has 1 aromatic carbocycles. The maximum Gasteiger partial charge on any atom is 0.414 e. The summed E-state index contributed by atoms with van der Waals surface area (Å²) in [5.41, 5.74) is 2.16. The number of halogens is 1. The molecule has 1 N–H and O–H groups in total. The van der Waals surface area contributed by atoms with Gasteiger partial charge in [0.1, 0.15) is 17.6 Å². The lowest BCUT2D eigenvalue weighted by Crippen LogP contribution is -2.35. The summed E-state index contributed by atoms with van der Waals surface area (Å²) in [7, 11) is 0. The van der Waals surface area contributed by atoms with Crippen molar-refractivity contribution in [3.05, 3.63) is 79.0 Å². The second-order valence-corrected chi connectivity index (χ2v) is 7.17. The molecule has 0 aliphatic carbocycles. The van der Waals surface area contributed by atoms with Crippen LogP contribution in [0.3, 0.4) is 0 Å². The van der Waals surface area contributed by atoms with Crippen LogP contribution in [0.2, 0.25) is 0 Å². The molecule has 3 aromatic heterocycles. The maximum absolute atomic E-state index is 14.9. The highest BCUT2D eigenvalue weighted by Crippen LogP contribution is 2.29. The van der Waals surface area contributed by atoms with Crippen LogP contribution in [0, 0.1) is 5.82 Å². The smallest absolute Gasteiger partial charge is 0.414 e. The van der Waals surface area contributed by atoms with Crippen LogP contribution in [0.15, 0.2) is 67.4 Å². The third-order valence-electron chi connectivity index (χ3n) is 5.11.